The highest BCUT2D eigenvalue weighted by atomic mass is 16.4. The normalized spacial score (nSPS) is 15.6. The molecule has 1 saturated carbocycles. The summed E-state index contributed by atoms with van der Waals surface area (Å²) in [5.41, 5.74) is 2.65. The Morgan fingerprint density at radius 1 is 0.974 bits per heavy atom. The number of aromatic amines is 1. The van der Waals surface area contributed by atoms with Gasteiger partial charge >= 0.3 is 0 Å². The molecule has 0 atom stereocenters. The van der Waals surface area contributed by atoms with Gasteiger partial charge in [0.25, 0.3) is 5.97 Å². The molecule has 0 radical (unpaired) electrons. The van der Waals surface area contributed by atoms with Crippen LogP contribution in [0.4, 0.5) is 0 Å². The molecule has 1 aliphatic rings. The number of benzene rings is 1. The standard InChI is InChI=1S/C13H18.C9H12N2.C8H12.C2H4O2.C2H6/c1-11-7-9-13(10-8-11)12-5-3-2-4-6-12;1-8-6-4-3-5-7-10-9(2)11-8;1-3-5-7-8-6-4-2;1-2(3)4;1-2/h2-6,11,13H,7-10H2,1H3;3-7H,1-2H3,(H,10,11);3,5-8H,1,4H2,2H3;1H3,(H,3,4);1-2H3/b;;7-5-,8-6-;;. The van der Waals surface area contributed by atoms with E-state index in [1.54, 1.807) is 17.8 Å². The highest BCUT2D eigenvalue weighted by Crippen LogP contribution is 2.35. The van der Waals surface area contributed by atoms with Gasteiger partial charge in [-0.2, -0.15) is 0 Å². The molecule has 1 aliphatic carbocycles. The molecule has 1 fully saturated rings. The third-order valence-electron chi connectivity index (χ3n) is 5.32. The third kappa shape index (κ3) is 24.3. The predicted molar refractivity (Wildman–Crippen MR) is 166 cm³/mol. The molecule has 4 nitrogen and oxygen atoms in total. The van der Waals surface area contributed by atoms with Crippen molar-refractivity contribution in [3.05, 3.63) is 115 Å². The van der Waals surface area contributed by atoms with E-state index in [-0.39, 0.29) is 0 Å². The van der Waals surface area contributed by atoms with Crippen LogP contribution in [0.2, 0.25) is 0 Å². The Kier molecular flexibility index (Phi) is 25.8. The Balaban J connectivity index is 0. The fourth-order valence-electron chi connectivity index (χ4n) is 3.50. The van der Waals surface area contributed by atoms with Crippen molar-refractivity contribution in [1.29, 1.82) is 0 Å². The summed E-state index contributed by atoms with van der Waals surface area (Å²) in [7, 11) is 0. The maximum atomic E-state index is 9.00. The minimum absolute atomic E-state index is 0.833. The average molecular weight is 521 g/mol. The molecular weight excluding hydrogens is 468 g/mol. The number of allylic oxidation sites excluding steroid dienone is 5. The van der Waals surface area contributed by atoms with Crippen LogP contribution in [0.25, 0.3) is 0 Å². The number of nitrogens with one attached hydrogen (secondary N) is 1. The number of carbonyl (C=O) groups is 1. The quantitative estimate of drug-likeness (QED) is 0.394. The first-order chi connectivity index (χ1) is 18.3. The number of nitrogens with zero attached hydrogens (tertiary/aromatic N) is 1. The molecule has 0 amide bonds. The monoisotopic (exact) mass is 520 g/mol. The van der Waals surface area contributed by atoms with Crippen molar-refractivity contribution in [3.63, 3.8) is 0 Å². The van der Waals surface area contributed by atoms with Gasteiger partial charge in [0.05, 0.1) is 0 Å². The molecular formula is C34H52N2O2. The van der Waals surface area contributed by atoms with Gasteiger partial charge in [0, 0.05) is 18.8 Å². The minimum Gasteiger partial charge on any atom is -0.481 e. The Hall–Kier alpha value is -3.40. The number of rotatable bonds is 4. The molecule has 0 bridgehead atoms. The fourth-order valence-corrected chi connectivity index (χ4v) is 3.50. The molecule has 0 saturated heterocycles. The van der Waals surface area contributed by atoms with Gasteiger partial charge in [0.15, 0.2) is 0 Å². The van der Waals surface area contributed by atoms with E-state index in [4.69, 9.17) is 9.90 Å². The molecule has 2 N–H and O–H groups in total. The Morgan fingerprint density at radius 2 is 1.53 bits per heavy atom. The van der Waals surface area contributed by atoms with Crippen molar-refractivity contribution < 1.29 is 9.90 Å². The lowest BCUT2D eigenvalue weighted by Crippen LogP contribution is -2.10. The minimum atomic E-state index is -0.833. The van der Waals surface area contributed by atoms with Gasteiger partial charge in [0.1, 0.15) is 5.82 Å². The van der Waals surface area contributed by atoms with Crippen LogP contribution < -0.4 is 0 Å². The first-order valence-electron chi connectivity index (χ1n) is 13.8. The predicted octanol–water partition coefficient (Wildman–Crippen LogP) is 9.94. The van der Waals surface area contributed by atoms with E-state index in [0.717, 1.165) is 36.7 Å². The second-order valence-electron chi connectivity index (χ2n) is 8.76. The molecule has 1 aromatic carbocycles. The number of hydrogen-bond acceptors (Lipinski definition) is 2. The second kappa shape index (κ2) is 26.7. The topological polar surface area (TPSA) is 66.0 Å². The van der Waals surface area contributed by atoms with Crippen LogP contribution in [0.3, 0.4) is 0 Å². The Labute approximate surface area is 233 Å². The van der Waals surface area contributed by atoms with Gasteiger partial charge in [-0.1, -0.05) is 120 Å². The molecule has 38 heavy (non-hydrogen) atoms. The van der Waals surface area contributed by atoms with Crippen LogP contribution in [0.5, 0.6) is 0 Å². The second-order valence-corrected chi connectivity index (χ2v) is 8.76. The number of carboxylic acids is 1. The number of hydrogen-bond donors (Lipinski definition) is 2. The van der Waals surface area contributed by atoms with E-state index in [1.165, 1.54) is 25.7 Å². The first kappa shape index (κ1) is 36.8. The number of carboxylic acid groups (broad SMARTS) is 1. The maximum absolute atomic E-state index is 9.00. The summed E-state index contributed by atoms with van der Waals surface area (Å²) in [6.45, 7) is 17.1. The van der Waals surface area contributed by atoms with Crippen molar-refractivity contribution in [1.82, 2.24) is 9.97 Å². The van der Waals surface area contributed by atoms with E-state index >= 15 is 0 Å². The van der Waals surface area contributed by atoms with E-state index in [0.29, 0.717) is 0 Å². The van der Waals surface area contributed by atoms with Crippen molar-refractivity contribution in [2.75, 3.05) is 0 Å². The number of H-pyrrole nitrogens is 1. The molecule has 4 heteroatoms. The van der Waals surface area contributed by atoms with Crippen LogP contribution >= 0.6 is 0 Å². The van der Waals surface area contributed by atoms with E-state index in [1.807, 2.05) is 70.2 Å². The van der Waals surface area contributed by atoms with Crippen LogP contribution in [0.1, 0.15) is 89.7 Å². The zero-order valence-corrected chi connectivity index (χ0v) is 24.9. The van der Waals surface area contributed by atoms with Gasteiger partial charge < -0.3 is 10.1 Å². The lowest BCUT2D eigenvalue weighted by Gasteiger charge is -2.26. The molecule has 0 unspecified atom stereocenters. The zero-order chi connectivity index (χ0) is 29.0. The summed E-state index contributed by atoms with van der Waals surface area (Å²) in [6, 6.07) is 18.8. The van der Waals surface area contributed by atoms with E-state index in [9.17, 15) is 0 Å². The van der Waals surface area contributed by atoms with Gasteiger partial charge in [-0.3, -0.25) is 4.79 Å². The summed E-state index contributed by atoms with van der Waals surface area (Å²) >= 11 is 0. The Bertz CT molecular complexity index is 905. The zero-order valence-electron chi connectivity index (χ0n) is 24.9. The molecule has 1 heterocycles. The molecule has 210 valence electrons. The smallest absolute Gasteiger partial charge is 0.300 e. The maximum Gasteiger partial charge on any atom is 0.300 e. The van der Waals surface area contributed by atoms with Crippen LogP contribution in [-0.2, 0) is 4.79 Å². The van der Waals surface area contributed by atoms with Crippen molar-refractivity contribution >= 4 is 5.97 Å². The number of aromatic nitrogens is 2. The third-order valence-corrected chi connectivity index (χ3v) is 5.32. The van der Waals surface area contributed by atoms with Crippen LogP contribution in [0, 0.1) is 19.8 Å². The van der Waals surface area contributed by atoms with Gasteiger partial charge in [-0.15, -0.1) is 0 Å². The summed E-state index contributed by atoms with van der Waals surface area (Å²) in [6.07, 6.45) is 18.2. The molecule has 2 aromatic rings. The summed E-state index contributed by atoms with van der Waals surface area (Å²) in [4.78, 5) is 16.3. The van der Waals surface area contributed by atoms with Crippen molar-refractivity contribution in [2.45, 2.75) is 86.5 Å². The fraction of sp³-hybridized carbons (Fsp3) is 0.412. The van der Waals surface area contributed by atoms with E-state index in [2.05, 4.69) is 66.8 Å². The molecule has 0 aliphatic heterocycles. The largest absolute Gasteiger partial charge is 0.481 e. The molecule has 0 spiro atoms. The summed E-state index contributed by atoms with van der Waals surface area (Å²) in [5, 5.41) is 7.42. The van der Waals surface area contributed by atoms with Gasteiger partial charge in [0.2, 0.25) is 0 Å². The summed E-state index contributed by atoms with van der Waals surface area (Å²) < 4.78 is 0. The van der Waals surface area contributed by atoms with Gasteiger partial charge in [-0.05, 0) is 62.6 Å². The van der Waals surface area contributed by atoms with Gasteiger partial charge in [-0.25, -0.2) is 4.98 Å². The van der Waals surface area contributed by atoms with Crippen molar-refractivity contribution in [2.24, 2.45) is 5.92 Å². The lowest BCUT2D eigenvalue weighted by molar-refractivity contribution is -0.134. The summed E-state index contributed by atoms with van der Waals surface area (Å²) in [5.74, 6) is 1.89. The highest BCUT2D eigenvalue weighted by molar-refractivity contribution is 5.62. The molecule has 3 rings (SSSR count). The molecule has 1 aromatic heterocycles. The van der Waals surface area contributed by atoms with Crippen molar-refractivity contribution in [3.8, 4) is 0 Å². The number of aryl methyl sites for hydroxylation is 2. The average Bonchev–Trinajstić information content (AvgIpc) is 3.00. The Morgan fingerprint density at radius 3 is 2.08 bits per heavy atom. The number of aliphatic carboxylic acids is 1. The van der Waals surface area contributed by atoms with Crippen LogP contribution in [-0.4, -0.2) is 21.0 Å². The van der Waals surface area contributed by atoms with E-state index < -0.39 is 5.97 Å². The lowest BCUT2D eigenvalue weighted by atomic mass is 9.79. The highest BCUT2D eigenvalue weighted by Gasteiger charge is 2.18. The SMILES string of the molecule is C=C/C=C\C=C/CC.CC.CC(=O)O.CC1CCC(c2ccccc2)CC1.Cc1cccccnc(C)[nH]1. The van der Waals surface area contributed by atoms with Crippen LogP contribution in [0.15, 0.2) is 97.8 Å². The first-order valence-corrected chi connectivity index (χ1v) is 13.8.